The fourth-order valence-corrected chi connectivity index (χ4v) is 1.17. The summed E-state index contributed by atoms with van der Waals surface area (Å²) in [7, 11) is 0. The average molecular weight is 252 g/mol. The Morgan fingerprint density at radius 2 is 1.80 bits per heavy atom. The predicted molar refractivity (Wildman–Crippen MR) is 52.8 cm³/mol. The first-order chi connectivity index (χ1) is 6.93. The summed E-state index contributed by atoms with van der Waals surface area (Å²) in [5, 5.41) is 7.90. The Labute approximate surface area is 93.5 Å². The van der Waals surface area contributed by atoms with Gasteiger partial charge in [0.2, 0.25) is 0 Å². The van der Waals surface area contributed by atoms with Crippen LogP contribution < -0.4 is 0 Å². The maximum absolute atomic E-state index is 12.7. The van der Waals surface area contributed by atoms with Gasteiger partial charge in [-0.1, -0.05) is 23.2 Å². The minimum absolute atomic E-state index is 0.133. The smallest absolute Gasteiger partial charge is 0.335 e. The first-order valence-corrected chi connectivity index (χ1v) is 4.08. The van der Waals surface area contributed by atoms with E-state index in [9.17, 15) is 9.18 Å². The second-order valence-corrected chi connectivity index (χ2v) is 2.97. The maximum Gasteiger partial charge on any atom is 0.335 e. The number of halogens is 3. The number of carboxylic acids is 1. The van der Waals surface area contributed by atoms with Crippen molar-refractivity contribution >= 4 is 29.2 Å². The lowest BCUT2D eigenvalue weighted by atomic mass is 10.2. The van der Waals surface area contributed by atoms with Gasteiger partial charge in [0.25, 0.3) is 0 Å². The molecule has 0 aliphatic heterocycles. The lowest BCUT2D eigenvalue weighted by Crippen LogP contribution is -1.96. The van der Waals surface area contributed by atoms with Crippen LogP contribution in [-0.2, 0) is 0 Å². The SMILES string of the molecule is O=C(O)c1cc(Cl)c(F)c(Cl)c1.[N-]=[N+]=N. The molecule has 0 aliphatic carbocycles. The van der Waals surface area contributed by atoms with Gasteiger partial charge >= 0.3 is 5.97 Å². The number of carboxylic acid groups (broad SMARTS) is 1. The molecular formula is C7H4Cl2FN3O2. The number of nitrogens with one attached hydrogen (secondary N) is 1. The van der Waals surface area contributed by atoms with E-state index in [0.717, 1.165) is 12.1 Å². The van der Waals surface area contributed by atoms with Crippen molar-refractivity contribution in [2.24, 2.45) is 0 Å². The number of rotatable bonds is 1. The van der Waals surface area contributed by atoms with Crippen LogP contribution in [0.3, 0.4) is 0 Å². The van der Waals surface area contributed by atoms with Gasteiger partial charge in [0, 0.05) is 0 Å². The Kier molecular flexibility index (Phi) is 5.48. The fourth-order valence-electron chi connectivity index (χ4n) is 0.679. The van der Waals surface area contributed by atoms with E-state index in [1.165, 1.54) is 0 Å². The van der Waals surface area contributed by atoms with Crippen molar-refractivity contribution in [3.63, 3.8) is 0 Å². The lowest BCUT2D eigenvalue weighted by Gasteiger charge is -1.99. The van der Waals surface area contributed by atoms with Gasteiger partial charge in [0.1, 0.15) is 0 Å². The molecule has 0 aliphatic rings. The van der Waals surface area contributed by atoms with Gasteiger partial charge in [-0.2, -0.15) is 0 Å². The molecule has 0 atom stereocenters. The van der Waals surface area contributed by atoms with Gasteiger partial charge in [0.15, 0.2) is 5.82 Å². The van der Waals surface area contributed by atoms with E-state index in [4.69, 9.17) is 39.4 Å². The van der Waals surface area contributed by atoms with Crippen molar-refractivity contribution in [3.8, 4) is 0 Å². The summed E-state index contributed by atoms with van der Waals surface area (Å²) in [6.07, 6.45) is 0. The van der Waals surface area contributed by atoms with Gasteiger partial charge in [-0.25, -0.2) is 9.18 Å². The van der Waals surface area contributed by atoms with Crippen LogP contribution >= 0.6 is 23.2 Å². The molecular weight excluding hydrogens is 248 g/mol. The van der Waals surface area contributed by atoms with Crippen LogP contribution in [0.5, 0.6) is 0 Å². The van der Waals surface area contributed by atoms with E-state index < -0.39 is 11.8 Å². The highest BCUT2D eigenvalue weighted by atomic mass is 35.5. The summed E-state index contributed by atoms with van der Waals surface area (Å²) < 4.78 is 12.7. The summed E-state index contributed by atoms with van der Waals surface area (Å²) in [5.41, 5.74) is 12.1. The second kappa shape index (κ2) is 6.08. The third kappa shape index (κ3) is 4.03. The molecule has 80 valence electrons. The van der Waals surface area contributed by atoms with Crippen molar-refractivity contribution in [1.29, 1.82) is 5.53 Å². The van der Waals surface area contributed by atoms with Gasteiger partial charge in [-0.15, -0.1) is 5.53 Å². The topological polar surface area (TPSA) is 97.5 Å². The second-order valence-electron chi connectivity index (χ2n) is 2.16. The van der Waals surface area contributed by atoms with E-state index in [1.54, 1.807) is 4.91 Å². The first-order valence-electron chi connectivity index (χ1n) is 3.32. The molecule has 0 spiro atoms. The Bertz CT molecular complexity index is 396. The summed E-state index contributed by atoms with van der Waals surface area (Å²) in [5.74, 6) is -2.00. The summed E-state index contributed by atoms with van der Waals surface area (Å²) in [6.45, 7) is 0. The van der Waals surface area contributed by atoms with Crippen molar-refractivity contribution < 1.29 is 14.3 Å². The molecule has 1 rings (SSSR count). The van der Waals surface area contributed by atoms with Gasteiger partial charge in [-0.05, 0) is 22.6 Å². The van der Waals surface area contributed by atoms with Crippen molar-refractivity contribution in [2.75, 3.05) is 0 Å². The highest BCUT2D eigenvalue weighted by Crippen LogP contribution is 2.24. The number of nitrogens with zero attached hydrogens (tertiary/aromatic N) is 2. The monoisotopic (exact) mass is 251 g/mol. The molecule has 0 heterocycles. The largest absolute Gasteiger partial charge is 0.478 e. The van der Waals surface area contributed by atoms with Crippen molar-refractivity contribution in [3.05, 3.63) is 44.0 Å². The van der Waals surface area contributed by atoms with E-state index in [0.29, 0.717) is 0 Å². The first kappa shape index (κ1) is 13.5. The molecule has 5 nitrogen and oxygen atoms in total. The van der Waals surface area contributed by atoms with E-state index >= 15 is 0 Å². The molecule has 8 heteroatoms. The molecule has 0 saturated heterocycles. The number of hydrogen-bond donors (Lipinski definition) is 2. The van der Waals surface area contributed by atoms with Crippen LogP contribution in [0.15, 0.2) is 12.1 Å². The Hall–Kier alpha value is -1.49. The molecule has 0 radical (unpaired) electrons. The van der Waals surface area contributed by atoms with E-state index in [2.05, 4.69) is 0 Å². The van der Waals surface area contributed by atoms with Gasteiger partial charge in [-0.3, -0.25) is 0 Å². The van der Waals surface area contributed by atoms with Crippen LogP contribution in [0.2, 0.25) is 10.0 Å². The van der Waals surface area contributed by atoms with Crippen molar-refractivity contribution in [2.45, 2.75) is 0 Å². The number of hydrogen-bond acceptors (Lipinski definition) is 2. The molecule has 0 saturated carbocycles. The molecule has 0 amide bonds. The summed E-state index contributed by atoms with van der Waals surface area (Å²) in [6, 6.07) is 2.01. The zero-order valence-corrected chi connectivity index (χ0v) is 8.55. The molecule has 2 N–H and O–H groups in total. The summed E-state index contributed by atoms with van der Waals surface area (Å²) >= 11 is 10.7. The zero-order chi connectivity index (χ0) is 12.0. The van der Waals surface area contributed by atoms with Gasteiger partial charge < -0.3 is 5.11 Å². The Morgan fingerprint density at radius 3 is 2.07 bits per heavy atom. The van der Waals surface area contributed by atoms with Crippen LogP contribution in [0.1, 0.15) is 10.4 Å². The van der Waals surface area contributed by atoms with Crippen molar-refractivity contribution in [1.82, 2.24) is 0 Å². The van der Waals surface area contributed by atoms with Crippen LogP contribution in [-0.4, -0.2) is 11.1 Å². The van der Waals surface area contributed by atoms with Crippen LogP contribution in [0.4, 0.5) is 4.39 Å². The van der Waals surface area contributed by atoms with E-state index in [1.807, 2.05) is 0 Å². The predicted octanol–water partition coefficient (Wildman–Crippen LogP) is 3.71. The molecule has 15 heavy (non-hydrogen) atoms. The summed E-state index contributed by atoms with van der Waals surface area (Å²) in [4.78, 5) is 12.1. The lowest BCUT2D eigenvalue weighted by molar-refractivity contribution is 0.0697. The van der Waals surface area contributed by atoms with E-state index in [-0.39, 0.29) is 15.6 Å². The highest BCUT2D eigenvalue weighted by molar-refractivity contribution is 6.35. The minimum Gasteiger partial charge on any atom is -0.478 e. The minimum atomic E-state index is -1.20. The third-order valence-corrected chi connectivity index (χ3v) is 1.78. The number of aromatic carboxylic acids is 1. The molecule has 1 aromatic rings. The highest BCUT2D eigenvalue weighted by Gasteiger charge is 2.11. The Balaban J connectivity index is 0.000000583. The van der Waals surface area contributed by atoms with Gasteiger partial charge in [0.05, 0.1) is 15.6 Å². The molecule has 0 aromatic heterocycles. The quantitative estimate of drug-likeness (QED) is 0.344. The standard InChI is InChI=1S/C7H3Cl2FO2.HN3/c8-4-1-3(7(11)12)2-5(9)6(4)10;1-3-2/h1-2H,(H,11,12);1H. The average Bonchev–Trinajstić information content (AvgIpc) is 2.14. The normalized spacial score (nSPS) is 8.47. The maximum atomic E-state index is 12.7. The zero-order valence-electron chi connectivity index (χ0n) is 7.04. The molecule has 0 unspecified atom stereocenters. The van der Waals surface area contributed by atoms with Crippen LogP contribution in [0, 0.1) is 11.3 Å². The third-order valence-electron chi connectivity index (χ3n) is 1.23. The molecule has 1 aromatic carbocycles. The molecule has 0 bridgehead atoms. The van der Waals surface area contributed by atoms with Crippen LogP contribution in [0.25, 0.3) is 10.4 Å². The number of carbonyl (C=O) groups is 1. The molecule has 0 fully saturated rings. The fraction of sp³-hybridized carbons (Fsp3) is 0. The Morgan fingerprint density at radius 1 is 1.47 bits per heavy atom. The number of benzene rings is 1.